The Balaban J connectivity index is 1.38. The number of esters is 1. The quantitative estimate of drug-likeness (QED) is 0.188. The first-order valence-electron chi connectivity index (χ1n) is 10.2. The lowest BCUT2D eigenvalue weighted by atomic mass is 10.2. The molecule has 2 heterocycles. The molecule has 0 spiro atoms. The molecule has 1 fully saturated rings. The van der Waals surface area contributed by atoms with Gasteiger partial charge in [-0.2, -0.15) is 0 Å². The van der Waals surface area contributed by atoms with Gasteiger partial charge in [0.15, 0.2) is 0 Å². The average molecular weight is 494 g/mol. The fraction of sp³-hybridized carbons (Fsp3) is 0.125. The van der Waals surface area contributed by atoms with Crippen LogP contribution in [0.2, 0.25) is 0 Å². The van der Waals surface area contributed by atoms with Crippen molar-refractivity contribution in [2.24, 2.45) is 0 Å². The zero-order valence-electron chi connectivity index (χ0n) is 18.3. The molecule has 0 N–H and O–H groups in total. The Labute approximate surface area is 203 Å². The van der Waals surface area contributed by atoms with Crippen LogP contribution in [0.3, 0.4) is 0 Å². The van der Waals surface area contributed by atoms with Crippen molar-refractivity contribution < 1.29 is 33.2 Å². The van der Waals surface area contributed by atoms with Gasteiger partial charge in [0.05, 0.1) is 23.5 Å². The number of ether oxygens (including phenoxy) is 2. The highest BCUT2D eigenvalue weighted by Crippen LogP contribution is 2.33. The molecule has 0 radical (unpaired) electrons. The summed E-state index contributed by atoms with van der Waals surface area (Å²) in [5.74, 6) is -0.317. The van der Waals surface area contributed by atoms with Gasteiger partial charge < -0.3 is 13.9 Å². The van der Waals surface area contributed by atoms with Crippen molar-refractivity contribution in [3.05, 3.63) is 98.3 Å². The lowest BCUT2D eigenvalue weighted by Crippen LogP contribution is -2.27. The average Bonchev–Trinajstić information content (AvgIpc) is 3.43. The fourth-order valence-corrected chi connectivity index (χ4v) is 4.04. The molecule has 0 bridgehead atoms. The minimum Gasteiger partial charge on any atom is -0.489 e. The van der Waals surface area contributed by atoms with E-state index in [1.807, 2.05) is 0 Å². The molecule has 1 saturated heterocycles. The number of nitrogens with zero attached hydrogens (tertiary/aromatic N) is 2. The molecule has 0 saturated carbocycles. The van der Waals surface area contributed by atoms with Crippen molar-refractivity contribution in [2.75, 3.05) is 7.11 Å². The van der Waals surface area contributed by atoms with Crippen LogP contribution >= 0.6 is 11.8 Å². The Morgan fingerprint density at radius 1 is 1.14 bits per heavy atom. The molecule has 1 aliphatic heterocycles. The van der Waals surface area contributed by atoms with Crippen LogP contribution in [-0.4, -0.2) is 34.0 Å². The van der Waals surface area contributed by atoms with Crippen molar-refractivity contribution in [1.29, 1.82) is 0 Å². The molecule has 178 valence electrons. The Hall–Kier alpha value is -4.38. The van der Waals surface area contributed by atoms with Crippen LogP contribution in [0.5, 0.6) is 5.75 Å². The first kappa shape index (κ1) is 23.8. The number of rotatable bonds is 8. The van der Waals surface area contributed by atoms with Gasteiger partial charge in [-0.05, 0) is 53.2 Å². The number of imide groups is 1. The Bertz CT molecular complexity index is 1330. The highest BCUT2D eigenvalue weighted by molar-refractivity contribution is 8.18. The summed E-state index contributed by atoms with van der Waals surface area (Å²) in [5.41, 5.74) is 1.34. The maximum Gasteiger partial charge on any atom is 0.373 e. The van der Waals surface area contributed by atoms with E-state index in [0.717, 1.165) is 16.7 Å². The largest absolute Gasteiger partial charge is 0.489 e. The van der Waals surface area contributed by atoms with Gasteiger partial charge in [-0.1, -0.05) is 24.3 Å². The number of nitro groups is 1. The topological polar surface area (TPSA) is 129 Å². The SMILES string of the molecule is COC(=O)c1ccc(CN2C(=O)S/C(=C/c3ccc(OCc4cccc([N+](=O)[O-])c4)cc3)C2=O)o1. The van der Waals surface area contributed by atoms with E-state index in [0.29, 0.717) is 16.9 Å². The smallest absolute Gasteiger partial charge is 0.373 e. The number of carbonyl (C=O) groups excluding carboxylic acids is 3. The standard InChI is InChI=1S/C24H18N2O8S/c1-32-23(28)20-10-9-19(34-20)13-25-22(27)21(35-24(25)29)12-15-5-7-18(8-6-15)33-14-16-3-2-4-17(11-16)26(30)31/h2-12H,13-14H2,1H3/b21-12+. The highest BCUT2D eigenvalue weighted by atomic mass is 32.2. The molecular formula is C24H18N2O8S. The Morgan fingerprint density at radius 2 is 1.91 bits per heavy atom. The number of nitro benzene ring substituents is 1. The molecule has 3 aromatic rings. The van der Waals surface area contributed by atoms with E-state index in [9.17, 15) is 24.5 Å². The maximum atomic E-state index is 12.7. The number of methoxy groups -OCH3 is 1. The molecule has 2 aromatic carbocycles. The van der Waals surface area contributed by atoms with Crippen LogP contribution in [0.15, 0.2) is 70.0 Å². The van der Waals surface area contributed by atoms with E-state index in [4.69, 9.17) is 9.15 Å². The number of carbonyl (C=O) groups is 3. The zero-order chi connectivity index (χ0) is 24.9. The molecule has 2 amide bonds. The van der Waals surface area contributed by atoms with E-state index in [2.05, 4.69) is 4.74 Å². The Kier molecular flexibility index (Phi) is 6.97. The van der Waals surface area contributed by atoms with E-state index < -0.39 is 22.0 Å². The molecule has 11 heteroatoms. The molecule has 1 aliphatic rings. The molecule has 0 unspecified atom stereocenters. The molecular weight excluding hydrogens is 476 g/mol. The third-order valence-corrected chi connectivity index (χ3v) is 5.85. The van der Waals surface area contributed by atoms with Crippen molar-refractivity contribution in [3.8, 4) is 5.75 Å². The van der Waals surface area contributed by atoms with Crippen molar-refractivity contribution >= 4 is 40.6 Å². The number of thioether (sulfide) groups is 1. The van der Waals surface area contributed by atoms with Gasteiger partial charge in [-0.3, -0.25) is 24.6 Å². The summed E-state index contributed by atoms with van der Waals surface area (Å²) in [6.07, 6.45) is 1.59. The summed E-state index contributed by atoms with van der Waals surface area (Å²) in [5, 5.41) is 10.4. The summed E-state index contributed by atoms with van der Waals surface area (Å²) < 4.78 is 15.6. The van der Waals surface area contributed by atoms with E-state index in [1.54, 1.807) is 42.5 Å². The van der Waals surface area contributed by atoms with Gasteiger partial charge in [0.1, 0.15) is 18.1 Å². The van der Waals surface area contributed by atoms with Gasteiger partial charge in [0.25, 0.3) is 16.8 Å². The lowest BCUT2D eigenvalue weighted by molar-refractivity contribution is -0.384. The molecule has 4 rings (SSSR count). The van der Waals surface area contributed by atoms with Gasteiger partial charge >= 0.3 is 5.97 Å². The second-order valence-corrected chi connectivity index (χ2v) is 8.30. The molecule has 0 aliphatic carbocycles. The number of furan rings is 1. The van der Waals surface area contributed by atoms with Crippen LogP contribution < -0.4 is 4.74 Å². The minimum atomic E-state index is -0.650. The highest BCUT2D eigenvalue weighted by Gasteiger charge is 2.35. The Morgan fingerprint density at radius 3 is 2.63 bits per heavy atom. The van der Waals surface area contributed by atoms with Gasteiger partial charge in [-0.15, -0.1) is 0 Å². The van der Waals surface area contributed by atoms with Crippen LogP contribution in [0.4, 0.5) is 10.5 Å². The lowest BCUT2D eigenvalue weighted by Gasteiger charge is -2.10. The predicted molar refractivity (Wildman–Crippen MR) is 125 cm³/mol. The van der Waals surface area contributed by atoms with Crippen molar-refractivity contribution in [2.45, 2.75) is 13.2 Å². The number of benzene rings is 2. The second-order valence-electron chi connectivity index (χ2n) is 7.31. The molecule has 0 atom stereocenters. The zero-order valence-corrected chi connectivity index (χ0v) is 19.2. The van der Waals surface area contributed by atoms with E-state index in [-0.39, 0.29) is 35.3 Å². The number of hydrogen-bond donors (Lipinski definition) is 0. The third-order valence-electron chi connectivity index (χ3n) is 4.94. The summed E-state index contributed by atoms with van der Waals surface area (Å²) in [6, 6.07) is 16.0. The van der Waals surface area contributed by atoms with Crippen molar-refractivity contribution in [3.63, 3.8) is 0 Å². The maximum absolute atomic E-state index is 12.7. The first-order valence-corrected chi connectivity index (χ1v) is 11.0. The molecule has 10 nitrogen and oxygen atoms in total. The van der Waals surface area contributed by atoms with Gasteiger partial charge in [0.2, 0.25) is 5.76 Å². The van der Waals surface area contributed by atoms with Crippen LogP contribution in [-0.2, 0) is 22.7 Å². The normalized spacial score (nSPS) is 14.4. The summed E-state index contributed by atoms with van der Waals surface area (Å²) in [4.78, 5) is 48.3. The van der Waals surface area contributed by atoms with Crippen LogP contribution in [0.1, 0.15) is 27.4 Å². The van der Waals surface area contributed by atoms with Gasteiger partial charge in [0, 0.05) is 12.1 Å². The van der Waals surface area contributed by atoms with E-state index in [1.165, 1.54) is 31.4 Å². The molecule has 1 aromatic heterocycles. The number of amides is 2. The number of hydrogen-bond acceptors (Lipinski definition) is 9. The van der Waals surface area contributed by atoms with Crippen LogP contribution in [0.25, 0.3) is 6.08 Å². The number of non-ortho nitro benzene ring substituents is 1. The fourth-order valence-electron chi connectivity index (χ4n) is 3.20. The molecule has 35 heavy (non-hydrogen) atoms. The van der Waals surface area contributed by atoms with Crippen LogP contribution in [0, 0.1) is 10.1 Å². The first-order chi connectivity index (χ1) is 16.8. The predicted octanol–water partition coefficient (Wildman–Crippen LogP) is 4.79. The van der Waals surface area contributed by atoms with Gasteiger partial charge in [-0.25, -0.2) is 4.79 Å². The van der Waals surface area contributed by atoms with E-state index >= 15 is 0 Å². The summed E-state index contributed by atoms with van der Waals surface area (Å²) in [6.45, 7) is 0.0494. The monoisotopic (exact) mass is 494 g/mol. The second kappa shape index (κ2) is 10.3. The van der Waals surface area contributed by atoms with Crippen molar-refractivity contribution in [1.82, 2.24) is 4.90 Å². The minimum absolute atomic E-state index is 0.00801. The summed E-state index contributed by atoms with van der Waals surface area (Å²) >= 11 is 0.808. The summed E-state index contributed by atoms with van der Waals surface area (Å²) in [7, 11) is 1.22. The third kappa shape index (κ3) is 5.58.